The van der Waals surface area contributed by atoms with Gasteiger partial charge in [0.1, 0.15) is 49.3 Å². The first-order valence-electron chi connectivity index (χ1n) is 50.4. The third-order valence-electron chi connectivity index (χ3n) is 23.8. The van der Waals surface area contributed by atoms with Gasteiger partial charge in [0.25, 0.3) is 0 Å². The predicted octanol–water partition coefficient (Wildman–Crippen LogP) is 21.9. The van der Waals surface area contributed by atoms with Crippen LogP contribution in [0.4, 0.5) is 0 Å². The summed E-state index contributed by atoms with van der Waals surface area (Å²) in [4.78, 5) is 104. The van der Waals surface area contributed by atoms with E-state index in [-0.39, 0.29) is 25.7 Å². The van der Waals surface area contributed by atoms with Crippen molar-refractivity contribution in [3.8, 4) is 0 Å². The second-order valence-electron chi connectivity index (χ2n) is 35.7. The van der Waals surface area contributed by atoms with E-state index in [1.807, 2.05) is 0 Å². The maximum Gasteiger partial charge on any atom is 0.470 e. The molecule has 24 nitrogen and oxygen atoms in total. The van der Waals surface area contributed by atoms with E-state index in [1.165, 1.54) is 155 Å². The third kappa shape index (κ3) is 67.8. The smallest absolute Gasteiger partial charge is 0.463 e. The lowest BCUT2D eigenvalue weighted by Crippen LogP contribution is -2.65. The summed E-state index contributed by atoms with van der Waals surface area (Å²) in [6.07, 6.45) is 45.1. The highest BCUT2D eigenvalue weighted by atomic mass is 31.2. The van der Waals surface area contributed by atoms with Gasteiger partial charge in [0, 0.05) is 12.8 Å². The summed E-state index contributed by atoms with van der Waals surface area (Å²) in [5.74, 6) is -4.10. The van der Waals surface area contributed by atoms with E-state index in [0.29, 0.717) is 57.8 Å². The molecule has 0 aliphatic carbocycles. The van der Waals surface area contributed by atoms with Crippen molar-refractivity contribution in [3.63, 3.8) is 0 Å². The minimum absolute atomic E-state index is 0.165. The number of carbonyl (C=O) groups is 6. The van der Waals surface area contributed by atoms with E-state index in [0.717, 1.165) is 186 Å². The van der Waals surface area contributed by atoms with E-state index < -0.39 is 162 Å². The van der Waals surface area contributed by atoms with Crippen LogP contribution in [0.1, 0.15) is 485 Å². The van der Waals surface area contributed by atoms with E-state index in [9.17, 15) is 68.7 Å². The Morgan fingerprint density at radius 3 is 1.10 bits per heavy atom. The van der Waals surface area contributed by atoms with Gasteiger partial charge in [-0.2, -0.15) is 0 Å². The van der Waals surface area contributed by atoms with Gasteiger partial charge < -0.3 is 79.1 Å². The SMILES string of the molecule is CCCCCCCCCCCCCC(=O)O[C@H](CCCCCCCCCCC)CC(=O)N[C@@H](C)[C@H](OCC1O[C@H](O)C(NC(=O)C[C@H](O)CCCCCCCCCCC)[C@@H](OC(=O)C[C@H](O)CCCCCCCCCCC)[C@@H]1O)OC(CO)[C@H](COC(=O)C[C@@H](CCCCCCCCCCC)OC(=O)CCCCCCCCCCCCC)OP(=O)(O)O. The van der Waals surface area contributed by atoms with Crippen molar-refractivity contribution in [1.82, 2.24) is 10.6 Å². The summed E-state index contributed by atoms with van der Waals surface area (Å²) in [7, 11) is -5.53. The lowest BCUT2D eigenvalue weighted by molar-refractivity contribution is -0.280. The first-order valence-corrected chi connectivity index (χ1v) is 51.9. The molecule has 0 aromatic carbocycles. The van der Waals surface area contributed by atoms with Crippen molar-refractivity contribution < 1.29 is 106 Å². The van der Waals surface area contributed by atoms with Gasteiger partial charge in [-0.3, -0.25) is 33.3 Å². The van der Waals surface area contributed by atoms with E-state index in [2.05, 4.69) is 52.2 Å². The van der Waals surface area contributed by atoms with Gasteiger partial charge in [0.05, 0.1) is 57.1 Å². The second kappa shape index (κ2) is 80.9. The van der Waals surface area contributed by atoms with E-state index >= 15 is 0 Å². The molecular formula is C97H185N2O22P. The van der Waals surface area contributed by atoms with Gasteiger partial charge in [-0.15, -0.1) is 0 Å². The zero-order chi connectivity index (χ0) is 89.7. The molecule has 1 rings (SSSR count). The number of phosphoric ester groups is 1. The molecule has 0 aromatic rings. The molecule has 1 aliphatic rings. The summed E-state index contributed by atoms with van der Waals surface area (Å²) in [6.45, 7) is 11.8. The van der Waals surface area contributed by atoms with Gasteiger partial charge in [-0.1, -0.05) is 388 Å². The summed E-state index contributed by atoms with van der Waals surface area (Å²) in [6, 6.07) is -2.92. The average molecular weight is 1760 g/mol. The van der Waals surface area contributed by atoms with Gasteiger partial charge in [0.2, 0.25) is 11.8 Å². The molecule has 25 heteroatoms. The number of esters is 4. The summed E-state index contributed by atoms with van der Waals surface area (Å²) in [5, 5.41) is 63.2. The molecule has 1 saturated heterocycles. The van der Waals surface area contributed by atoms with Crippen molar-refractivity contribution in [3.05, 3.63) is 0 Å². The standard InChI is InChI=1S/C97H185N2O22P/c1-8-14-20-26-32-38-40-46-52-58-64-70-89(105)116-82(68-62-56-50-44-36-30-24-18-12-5)74-88(104)98-79(7)97(119-84(76-100)85(121-122(111,112)113)77-114-91(107)75-83(69-63-57-51-45-37-31-25-19-13-6)117-90(106)71-65-59-53-47-41-39-33-27-21-15-9-2)115-78-86-94(109)95(120-92(108)73-81(102)67-61-55-49-43-35-29-23-17-11-4)93(96(110)118-86)99-87(103)72-80(101)66-60-54-48-42-34-28-22-16-10-3/h79-86,93-97,100-102,109-110H,8-78H2,1-7H3,(H,98,104)(H,99,103)(H2,111,112,113)/t79-,80+,81+,82+,83+,84?,85-,86?,93?,94+,95+,96-,97+/m0/s1. The number of ether oxygens (including phenoxy) is 7. The van der Waals surface area contributed by atoms with Gasteiger partial charge in [-0.25, -0.2) is 4.57 Å². The van der Waals surface area contributed by atoms with Gasteiger partial charge in [-0.05, 0) is 58.3 Å². The maximum atomic E-state index is 14.6. The molecule has 13 atom stereocenters. The molecule has 9 N–H and O–H groups in total. The molecule has 1 fully saturated rings. The van der Waals surface area contributed by atoms with Crippen LogP contribution in [-0.2, 0) is 71.0 Å². The maximum absolute atomic E-state index is 14.6. The Balaban J connectivity index is 3.81. The molecular weight excluding hydrogens is 1580 g/mol. The number of aliphatic hydroxyl groups is 5. The van der Waals surface area contributed by atoms with Crippen LogP contribution in [0.2, 0.25) is 0 Å². The van der Waals surface area contributed by atoms with Crippen molar-refractivity contribution in [2.75, 3.05) is 19.8 Å². The number of aliphatic hydroxyl groups excluding tert-OH is 5. The van der Waals surface area contributed by atoms with Gasteiger partial charge >= 0.3 is 31.7 Å². The molecule has 0 radical (unpaired) electrons. The molecule has 3 unspecified atom stereocenters. The van der Waals surface area contributed by atoms with Crippen LogP contribution in [0, 0.1) is 0 Å². The summed E-state index contributed by atoms with van der Waals surface area (Å²) in [5.41, 5.74) is 0. The number of unbranched alkanes of at least 4 members (excludes halogenated alkanes) is 52. The Morgan fingerprint density at radius 2 is 0.738 bits per heavy atom. The van der Waals surface area contributed by atoms with Crippen LogP contribution in [0.5, 0.6) is 0 Å². The molecule has 1 heterocycles. The lowest BCUT2D eigenvalue weighted by atomic mass is 9.96. The molecule has 0 spiro atoms. The topological polar surface area (TPSA) is 359 Å². The van der Waals surface area contributed by atoms with Crippen LogP contribution in [0.3, 0.4) is 0 Å². The number of carbonyl (C=O) groups excluding carboxylic acids is 6. The fourth-order valence-electron chi connectivity index (χ4n) is 16.2. The number of hydrogen-bond donors (Lipinski definition) is 9. The highest BCUT2D eigenvalue weighted by molar-refractivity contribution is 7.46. The minimum atomic E-state index is -5.53. The normalized spacial score (nSPS) is 17.6. The van der Waals surface area contributed by atoms with Crippen molar-refractivity contribution in [1.29, 1.82) is 0 Å². The molecule has 0 saturated carbocycles. The van der Waals surface area contributed by atoms with Crippen LogP contribution in [-0.4, -0.2) is 170 Å². The highest BCUT2D eigenvalue weighted by Crippen LogP contribution is 2.39. The predicted molar refractivity (Wildman–Crippen MR) is 486 cm³/mol. The fourth-order valence-corrected chi connectivity index (χ4v) is 16.8. The molecule has 1 aliphatic heterocycles. The molecule has 2 amide bonds. The second-order valence-corrected chi connectivity index (χ2v) is 36.9. The number of rotatable bonds is 89. The first-order chi connectivity index (χ1) is 59.0. The summed E-state index contributed by atoms with van der Waals surface area (Å²) < 4.78 is 60.6. The largest absolute Gasteiger partial charge is 0.470 e. The quantitative estimate of drug-likeness (QED) is 0.00898. The van der Waals surface area contributed by atoms with Crippen molar-refractivity contribution >= 4 is 43.5 Å². The summed E-state index contributed by atoms with van der Waals surface area (Å²) >= 11 is 0. The van der Waals surface area contributed by atoms with E-state index in [1.54, 1.807) is 0 Å². The Labute approximate surface area is 741 Å². The van der Waals surface area contributed by atoms with Crippen molar-refractivity contribution in [2.45, 2.75) is 565 Å². The Hall–Kier alpha value is -3.39. The number of amides is 2. The zero-order valence-electron chi connectivity index (χ0n) is 78.4. The zero-order valence-corrected chi connectivity index (χ0v) is 79.3. The molecule has 122 heavy (non-hydrogen) atoms. The Morgan fingerprint density at radius 1 is 0.402 bits per heavy atom. The van der Waals surface area contributed by atoms with Crippen LogP contribution in [0.25, 0.3) is 0 Å². The van der Waals surface area contributed by atoms with Crippen LogP contribution < -0.4 is 10.6 Å². The highest BCUT2D eigenvalue weighted by Gasteiger charge is 2.49. The Bertz CT molecular complexity index is 2520. The monoisotopic (exact) mass is 1760 g/mol. The first kappa shape index (κ1) is 117. The number of phosphoric acid groups is 1. The number of nitrogens with one attached hydrogen (secondary N) is 2. The van der Waals surface area contributed by atoms with Crippen LogP contribution in [0.15, 0.2) is 0 Å². The Kier molecular flexibility index (Phi) is 77.3. The molecule has 720 valence electrons. The van der Waals surface area contributed by atoms with Crippen LogP contribution >= 0.6 is 7.82 Å². The minimum Gasteiger partial charge on any atom is -0.463 e. The average Bonchev–Trinajstić information content (AvgIpc) is 0.795. The number of hydrogen-bond acceptors (Lipinski definition) is 20. The lowest BCUT2D eigenvalue weighted by Gasteiger charge is -2.43. The molecule has 0 bridgehead atoms. The fraction of sp³-hybridized carbons (Fsp3) is 0.938. The van der Waals surface area contributed by atoms with Gasteiger partial charge in [0.15, 0.2) is 18.7 Å². The van der Waals surface area contributed by atoms with E-state index in [4.69, 9.17) is 37.7 Å². The third-order valence-corrected chi connectivity index (χ3v) is 24.4. The van der Waals surface area contributed by atoms with Crippen molar-refractivity contribution in [2.24, 2.45) is 0 Å². The molecule has 0 aromatic heterocycles.